The van der Waals surface area contributed by atoms with Gasteiger partial charge in [-0.05, 0) is 12.1 Å². The highest BCUT2D eigenvalue weighted by atomic mass is 32.3. The molecule has 0 aliphatic carbocycles. The van der Waals surface area contributed by atoms with Crippen molar-refractivity contribution in [1.29, 1.82) is 0 Å². The van der Waals surface area contributed by atoms with E-state index >= 15 is 0 Å². The molecule has 0 aliphatic rings. The highest BCUT2D eigenvalue weighted by Gasteiger charge is 2.18. The van der Waals surface area contributed by atoms with Crippen molar-refractivity contribution in [2.75, 3.05) is 25.1 Å². The molecule has 0 unspecified atom stereocenters. The third-order valence-corrected chi connectivity index (χ3v) is 3.36. The molecule has 0 atom stereocenters. The number of azo groups is 1. The lowest BCUT2D eigenvalue weighted by atomic mass is 10.2. The van der Waals surface area contributed by atoms with Gasteiger partial charge in [0.1, 0.15) is 5.69 Å². The van der Waals surface area contributed by atoms with Crippen molar-refractivity contribution < 1.29 is 26.6 Å². The summed E-state index contributed by atoms with van der Waals surface area (Å²) in [5.74, 6) is 0.139. The van der Waals surface area contributed by atoms with E-state index in [0.717, 1.165) is 0 Å². The van der Waals surface area contributed by atoms with E-state index in [1.807, 2.05) is 0 Å². The van der Waals surface area contributed by atoms with Crippen LogP contribution in [0.25, 0.3) is 0 Å². The van der Waals surface area contributed by atoms with E-state index in [9.17, 15) is 23.1 Å². The van der Waals surface area contributed by atoms with E-state index in [1.165, 1.54) is 42.4 Å². The van der Waals surface area contributed by atoms with Crippen LogP contribution in [0, 0.1) is 10.1 Å². The van der Waals surface area contributed by atoms with Gasteiger partial charge in [-0.2, -0.15) is 0 Å². The summed E-state index contributed by atoms with van der Waals surface area (Å²) in [5.41, 5.74) is 0.121. The van der Waals surface area contributed by atoms with E-state index in [0.29, 0.717) is 0 Å². The fourth-order valence-corrected chi connectivity index (χ4v) is 2.09. The second kappa shape index (κ2) is 7.78. The predicted octanol–water partition coefficient (Wildman–Crippen LogP) is 1.91. The maximum absolute atomic E-state index is 11.2. The summed E-state index contributed by atoms with van der Waals surface area (Å²) >= 11 is 0. The van der Waals surface area contributed by atoms with Gasteiger partial charge in [0.15, 0.2) is 0 Å². The zero-order chi connectivity index (χ0) is 18.4. The molecule has 12 nitrogen and oxygen atoms in total. The molecule has 0 bridgehead atoms. The van der Waals surface area contributed by atoms with Crippen LogP contribution in [0.2, 0.25) is 0 Å². The summed E-state index contributed by atoms with van der Waals surface area (Å²) < 4.78 is 40.0. The van der Waals surface area contributed by atoms with Gasteiger partial charge in [-0.1, -0.05) is 5.16 Å². The Hall–Kier alpha value is -2.90. The van der Waals surface area contributed by atoms with Crippen molar-refractivity contribution >= 4 is 33.3 Å². The van der Waals surface area contributed by atoms with Crippen LogP contribution in [0.4, 0.5) is 22.9 Å². The van der Waals surface area contributed by atoms with Crippen molar-refractivity contribution in [2.45, 2.75) is 0 Å². The summed E-state index contributed by atoms with van der Waals surface area (Å²) in [6.07, 6.45) is 1.37. The van der Waals surface area contributed by atoms with Gasteiger partial charge < -0.3 is 14.0 Å². The van der Waals surface area contributed by atoms with E-state index in [2.05, 4.69) is 19.6 Å². The lowest BCUT2D eigenvalue weighted by molar-refractivity contribution is -0.384. The molecule has 0 saturated heterocycles. The fourth-order valence-electron chi connectivity index (χ4n) is 1.81. The minimum atomic E-state index is -4.82. The number of nitro groups is 1. The minimum Gasteiger partial charge on any atom is -0.726 e. The summed E-state index contributed by atoms with van der Waals surface area (Å²) in [6, 6.07) is 5.55. The molecule has 1 heterocycles. The van der Waals surface area contributed by atoms with Crippen molar-refractivity contribution in [2.24, 2.45) is 10.2 Å². The molecule has 0 N–H and O–H groups in total. The number of hydrogen-bond donors (Lipinski definition) is 0. The average Bonchev–Trinajstić information content (AvgIpc) is 3.04. The Morgan fingerprint density at radius 3 is 2.72 bits per heavy atom. The maximum Gasteiger partial charge on any atom is 0.294 e. The molecule has 2 aromatic rings. The van der Waals surface area contributed by atoms with Crippen LogP contribution in [-0.2, 0) is 14.6 Å². The number of nitrogens with zero attached hydrogens (tertiary/aromatic N) is 5. The SMILES string of the molecule is CN(CCOS(=O)(=O)[O-])c1ccc(N=Nc2ccno2)cc1[N+](=O)[O-]. The van der Waals surface area contributed by atoms with Gasteiger partial charge in [-0.25, -0.2) is 8.42 Å². The van der Waals surface area contributed by atoms with Gasteiger partial charge in [0, 0.05) is 25.7 Å². The second-order valence-corrected chi connectivity index (χ2v) is 5.68. The van der Waals surface area contributed by atoms with Crippen LogP contribution in [0.3, 0.4) is 0 Å². The Morgan fingerprint density at radius 1 is 1.36 bits per heavy atom. The number of nitro benzene ring substituents is 1. The summed E-state index contributed by atoms with van der Waals surface area (Å²) in [7, 11) is -3.33. The predicted molar refractivity (Wildman–Crippen MR) is 82.7 cm³/mol. The van der Waals surface area contributed by atoms with Crippen LogP contribution in [0.5, 0.6) is 0 Å². The second-order valence-electron chi connectivity index (χ2n) is 4.63. The third-order valence-electron chi connectivity index (χ3n) is 2.91. The van der Waals surface area contributed by atoms with E-state index in [-0.39, 0.29) is 29.5 Å². The van der Waals surface area contributed by atoms with Crippen LogP contribution in [0.1, 0.15) is 0 Å². The zero-order valence-electron chi connectivity index (χ0n) is 12.8. The smallest absolute Gasteiger partial charge is 0.294 e. The average molecular weight is 370 g/mol. The number of hydrogen-bond acceptors (Lipinski definition) is 11. The van der Waals surface area contributed by atoms with Crippen molar-refractivity contribution in [3.63, 3.8) is 0 Å². The van der Waals surface area contributed by atoms with Gasteiger partial charge in [0.25, 0.3) is 11.6 Å². The van der Waals surface area contributed by atoms with Gasteiger partial charge >= 0.3 is 0 Å². The molecule has 0 amide bonds. The molecule has 0 spiro atoms. The van der Waals surface area contributed by atoms with Gasteiger partial charge in [-0.3, -0.25) is 14.3 Å². The standard InChI is InChI=1S/C12H13N5O7S/c1-16(6-7-23-25(20,21)22)10-3-2-9(8-11(10)17(18)19)14-15-12-4-5-13-24-12/h2-5,8H,6-7H2,1H3,(H,20,21,22)/p-1. The molecular formula is C12H12N5O7S-. The maximum atomic E-state index is 11.2. The topological polar surface area (TPSA) is 164 Å². The molecule has 0 fully saturated rings. The van der Waals surface area contributed by atoms with Gasteiger partial charge in [0.2, 0.25) is 10.4 Å². The molecule has 0 saturated carbocycles. The Kier molecular flexibility index (Phi) is 5.74. The molecule has 2 rings (SSSR count). The zero-order valence-corrected chi connectivity index (χ0v) is 13.6. The van der Waals surface area contributed by atoms with Crippen LogP contribution >= 0.6 is 0 Å². The summed E-state index contributed by atoms with van der Waals surface area (Å²) in [4.78, 5) is 12.0. The third kappa shape index (κ3) is 5.59. The number of rotatable bonds is 8. The molecule has 13 heteroatoms. The minimum absolute atomic E-state index is 0.0543. The van der Waals surface area contributed by atoms with Crippen LogP contribution in [-0.4, -0.2) is 43.2 Å². The van der Waals surface area contributed by atoms with Crippen LogP contribution < -0.4 is 4.90 Å². The monoisotopic (exact) mass is 370 g/mol. The molecule has 1 aromatic carbocycles. The van der Waals surface area contributed by atoms with Crippen LogP contribution in [0.15, 0.2) is 45.2 Å². The number of benzene rings is 1. The summed E-state index contributed by atoms with van der Waals surface area (Å²) in [5, 5.41) is 22.2. The Labute approximate surface area is 141 Å². The lowest BCUT2D eigenvalue weighted by Crippen LogP contribution is -2.24. The first-order chi connectivity index (χ1) is 11.8. The normalized spacial score (nSPS) is 11.8. The van der Waals surface area contributed by atoms with E-state index in [1.54, 1.807) is 0 Å². The molecular weight excluding hydrogens is 358 g/mol. The quantitative estimate of drug-likeness (QED) is 0.222. The lowest BCUT2D eigenvalue weighted by Gasteiger charge is -2.19. The number of aromatic nitrogens is 1. The van der Waals surface area contributed by atoms with Crippen molar-refractivity contribution in [1.82, 2.24) is 5.16 Å². The molecule has 0 aliphatic heterocycles. The van der Waals surface area contributed by atoms with Gasteiger partial charge in [-0.15, -0.1) is 10.2 Å². The summed E-state index contributed by atoms with van der Waals surface area (Å²) in [6.45, 7) is -0.492. The molecule has 25 heavy (non-hydrogen) atoms. The van der Waals surface area contributed by atoms with Gasteiger partial charge in [0.05, 0.1) is 23.4 Å². The first-order valence-electron chi connectivity index (χ1n) is 6.68. The highest BCUT2D eigenvalue weighted by molar-refractivity contribution is 7.80. The van der Waals surface area contributed by atoms with E-state index < -0.39 is 21.9 Å². The highest BCUT2D eigenvalue weighted by Crippen LogP contribution is 2.32. The fraction of sp³-hybridized carbons (Fsp3) is 0.250. The van der Waals surface area contributed by atoms with Crippen molar-refractivity contribution in [3.05, 3.63) is 40.6 Å². The molecule has 134 valence electrons. The first kappa shape index (κ1) is 18.4. The Balaban J connectivity index is 2.16. The Morgan fingerprint density at radius 2 is 2.12 bits per heavy atom. The Bertz CT molecular complexity index is 866. The number of anilines is 1. The first-order valence-corrected chi connectivity index (χ1v) is 8.02. The van der Waals surface area contributed by atoms with E-state index in [4.69, 9.17) is 4.52 Å². The molecule has 0 radical (unpaired) electrons. The van der Waals surface area contributed by atoms with Crippen molar-refractivity contribution in [3.8, 4) is 0 Å². The number of likely N-dealkylation sites (N-methyl/N-ethyl adjacent to an activating group) is 1. The molecule has 1 aromatic heterocycles. The largest absolute Gasteiger partial charge is 0.726 e.